The number of aromatic nitrogens is 2. The van der Waals surface area contributed by atoms with Crippen molar-refractivity contribution in [2.45, 2.75) is 57.0 Å². The molecular weight excluding hydrogens is 424 g/mol. The minimum absolute atomic E-state index is 0.614. The van der Waals surface area contributed by atoms with Crippen molar-refractivity contribution in [3.05, 3.63) is 96.1 Å². The third-order valence-corrected chi connectivity index (χ3v) is 8.99. The molecule has 4 aliphatic heterocycles. The van der Waals surface area contributed by atoms with Crippen LogP contribution < -0.4 is 0 Å². The van der Waals surface area contributed by atoms with Crippen LogP contribution in [0.2, 0.25) is 0 Å². The minimum atomic E-state index is 0.614. The van der Waals surface area contributed by atoms with Gasteiger partial charge < -0.3 is 9.13 Å². The van der Waals surface area contributed by atoms with Crippen LogP contribution >= 0.6 is 0 Å². The predicted octanol–water partition coefficient (Wildman–Crippen LogP) is 8.75. The highest BCUT2D eigenvalue weighted by Gasteiger charge is 2.34. The van der Waals surface area contributed by atoms with Crippen molar-refractivity contribution in [3.8, 4) is 0 Å². The second-order valence-corrected chi connectivity index (χ2v) is 10.7. The van der Waals surface area contributed by atoms with E-state index in [9.17, 15) is 0 Å². The Morgan fingerprint density at radius 3 is 1.40 bits per heavy atom. The first-order chi connectivity index (χ1) is 17.4. The third-order valence-electron chi connectivity index (χ3n) is 8.99. The Hall–Kier alpha value is -3.52. The highest BCUT2D eigenvalue weighted by Crippen LogP contribution is 2.50. The van der Waals surface area contributed by atoms with E-state index in [1.807, 2.05) is 0 Å². The molecule has 2 atom stereocenters. The molecule has 0 amide bonds. The second kappa shape index (κ2) is 7.49. The first-order valence-electron chi connectivity index (χ1n) is 13.4. The molecule has 0 spiro atoms. The zero-order chi connectivity index (χ0) is 22.9. The van der Waals surface area contributed by atoms with Crippen LogP contribution in [0, 0.1) is 0 Å². The first kappa shape index (κ1) is 19.8. The Balaban J connectivity index is 1.34. The Morgan fingerprint density at radius 1 is 0.457 bits per heavy atom. The van der Waals surface area contributed by atoms with Gasteiger partial charge in [0, 0.05) is 56.7 Å². The molecule has 2 heteroatoms. The van der Waals surface area contributed by atoms with Gasteiger partial charge in [0.15, 0.2) is 0 Å². The molecule has 2 aromatic heterocycles. The van der Waals surface area contributed by atoms with Gasteiger partial charge in [-0.3, -0.25) is 0 Å². The van der Waals surface area contributed by atoms with Crippen molar-refractivity contribution in [1.29, 1.82) is 0 Å². The van der Waals surface area contributed by atoms with Gasteiger partial charge in [-0.1, -0.05) is 48.5 Å². The maximum Gasteiger partial charge on any atom is 0.0491 e. The van der Waals surface area contributed by atoms with E-state index in [4.69, 9.17) is 0 Å². The molecule has 0 N–H and O–H groups in total. The molecule has 1 aliphatic carbocycles. The number of benzene rings is 4. The number of rotatable bonds is 0. The molecular formula is C33H30N2. The highest BCUT2D eigenvalue weighted by molar-refractivity contribution is 6.09. The van der Waals surface area contributed by atoms with Gasteiger partial charge in [0.05, 0.1) is 0 Å². The van der Waals surface area contributed by atoms with Crippen LogP contribution in [0.3, 0.4) is 0 Å². The van der Waals surface area contributed by atoms with Crippen molar-refractivity contribution in [1.82, 2.24) is 9.13 Å². The number of hydrogen-bond acceptors (Lipinski definition) is 0. The normalized spacial score (nSPS) is 20.3. The number of fused-ring (bicyclic) bond motifs is 2. The summed E-state index contributed by atoms with van der Waals surface area (Å²) in [4.78, 5) is 0. The summed E-state index contributed by atoms with van der Waals surface area (Å²) in [7, 11) is 0. The molecule has 0 radical (unpaired) electrons. The second-order valence-electron chi connectivity index (χ2n) is 10.7. The summed E-state index contributed by atoms with van der Waals surface area (Å²) < 4.78 is 5.15. The van der Waals surface area contributed by atoms with Crippen molar-refractivity contribution in [2.24, 2.45) is 0 Å². The van der Waals surface area contributed by atoms with E-state index in [0.29, 0.717) is 11.8 Å². The van der Waals surface area contributed by atoms with Gasteiger partial charge in [0.2, 0.25) is 0 Å². The van der Waals surface area contributed by atoms with E-state index in [-0.39, 0.29) is 0 Å². The fraction of sp³-hybridized carbons (Fsp3) is 0.273. The highest BCUT2D eigenvalue weighted by atomic mass is 15.0. The molecule has 35 heavy (non-hydrogen) atoms. The number of aryl methyl sites for hydroxylation is 2. The molecule has 5 aliphatic rings. The van der Waals surface area contributed by atoms with E-state index in [1.165, 1.54) is 86.8 Å². The van der Waals surface area contributed by atoms with E-state index in [2.05, 4.69) is 94.1 Å². The molecule has 2 nitrogen and oxygen atoms in total. The van der Waals surface area contributed by atoms with Crippen LogP contribution in [0.1, 0.15) is 55.1 Å². The van der Waals surface area contributed by atoms with Crippen molar-refractivity contribution in [2.75, 3.05) is 0 Å². The molecule has 1 saturated carbocycles. The third kappa shape index (κ3) is 2.83. The van der Waals surface area contributed by atoms with Crippen LogP contribution in [0.15, 0.2) is 84.9 Å². The Bertz CT molecular complexity index is 1620. The van der Waals surface area contributed by atoms with Crippen LogP contribution in [0.5, 0.6) is 0 Å². The summed E-state index contributed by atoms with van der Waals surface area (Å²) in [6, 6.07) is 32.7. The van der Waals surface area contributed by atoms with E-state index < -0.39 is 0 Å². The summed E-state index contributed by atoms with van der Waals surface area (Å²) in [6.07, 6.45) is 6.23. The van der Waals surface area contributed by atoms with E-state index >= 15 is 0 Å². The molecule has 0 saturated heterocycles. The van der Waals surface area contributed by atoms with Crippen LogP contribution in [0.4, 0.5) is 0 Å². The molecule has 6 aromatic rings. The lowest BCUT2D eigenvalue weighted by Crippen LogP contribution is -2.21. The largest absolute Gasteiger partial charge is 0.340 e. The molecule has 1 fully saturated rings. The van der Waals surface area contributed by atoms with Gasteiger partial charge >= 0.3 is 0 Å². The lowest BCUT2D eigenvalue weighted by atomic mass is 9.66. The van der Waals surface area contributed by atoms with Gasteiger partial charge in [-0.15, -0.1) is 0 Å². The Labute approximate surface area is 205 Å². The molecule has 4 aromatic carbocycles. The standard InChI is InChI=1S/C33H30N2/c1-6-18-34-30-10-4-2-8-26(30)28-20-22(12-16-32(28)34)24-14-15-25(24)23-13-17-33-29(21-23)27-9-3-5-11-31(27)35(33)19-7-1/h2-5,8-13,16-17,20-21,24-25H,1,6-7,14-15,18-19H2/t24-,25+. The van der Waals surface area contributed by atoms with E-state index in [1.54, 1.807) is 0 Å². The topological polar surface area (TPSA) is 9.86 Å². The van der Waals surface area contributed by atoms with Crippen molar-refractivity contribution < 1.29 is 0 Å². The fourth-order valence-corrected chi connectivity index (χ4v) is 7.10. The van der Waals surface area contributed by atoms with Crippen LogP contribution in [-0.4, -0.2) is 9.13 Å². The summed E-state index contributed by atoms with van der Waals surface area (Å²) in [5.41, 5.74) is 8.61. The summed E-state index contributed by atoms with van der Waals surface area (Å²) in [5.74, 6) is 1.23. The van der Waals surface area contributed by atoms with Gasteiger partial charge in [-0.2, -0.15) is 0 Å². The summed E-state index contributed by atoms with van der Waals surface area (Å²) >= 11 is 0. The molecule has 11 rings (SSSR count). The van der Waals surface area contributed by atoms with Crippen LogP contribution in [0.25, 0.3) is 43.6 Å². The first-order valence-corrected chi connectivity index (χ1v) is 13.4. The van der Waals surface area contributed by atoms with Gasteiger partial charge in [0.25, 0.3) is 0 Å². The van der Waals surface area contributed by atoms with Gasteiger partial charge in [-0.05, 0) is 91.5 Å². The Morgan fingerprint density at radius 2 is 0.914 bits per heavy atom. The SMILES string of the molecule is c1ccc2c(c1)c1cc3ccc1n2CCCCCn1c2ccccc2c2cc(ccc21)[C@@H]1CC[C@H]31. The fourth-order valence-electron chi connectivity index (χ4n) is 7.10. The number of nitrogens with zero attached hydrogens (tertiary/aromatic N) is 2. The van der Waals surface area contributed by atoms with E-state index in [0.717, 1.165) is 13.1 Å². The average Bonchev–Trinajstić information content (AvgIpc) is 3.35. The molecule has 0 unspecified atom stereocenters. The average molecular weight is 455 g/mol. The molecule has 6 heterocycles. The van der Waals surface area contributed by atoms with Crippen LogP contribution in [-0.2, 0) is 13.1 Å². The predicted molar refractivity (Wildman–Crippen MR) is 147 cm³/mol. The minimum Gasteiger partial charge on any atom is -0.340 e. The monoisotopic (exact) mass is 454 g/mol. The van der Waals surface area contributed by atoms with Crippen molar-refractivity contribution in [3.63, 3.8) is 0 Å². The number of hydrogen-bond donors (Lipinski definition) is 0. The van der Waals surface area contributed by atoms with Gasteiger partial charge in [-0.25, -0.2) is 0 Å². The lowest BCUT2D eigenvalue weighted by molar-refractivity contribution is 0.347. The summed E-state index contributed by atoms with van der Waals surface area (Å²) in [6.45, 7) is 2.18. The zero-order valence-corrected chi connectivity index (χ0v) is 20.1. The van der Waals surface area contributed by atoms with Gasteiger partial charge in [0.1, 0.15) is 0 Å². The maximum atomic E-state index is 2.57. The lowest BCUT2D eigenvalue weighted by Gasteiger charge is -2.37. The summed E-state index contributed by atoms with van der Waals surface area (Å²) in [5, 5.41) is 5.69. The zero-order valence-electron chi connectivity index (χ0n) is 20.1. The smallest absolute Gasteiger partial charge is 0.0491 e. The maximum absolute atomic E-state index is 2.57. The van der Waals surface area contributed by atoms with Crippen molar-refractivity contribution >= 4 is 43.6 Å². The molecule has 172 valence electrons. The Kier molecular flexibility index (Phi) is 4.23. The molecule has 8 bridgehead atoms. The number of para-hydroxylation sites is 2. The quantitative estimate of drug-likeness (QED) is 0.217.